The molecule has 1 aromatic rings. The second kappa shape index (κ2) is 5.74. The van der Waals surface area contributed by atoms with E-state index in [4.69, 9.17) is 33.2 Å². The van der Waals surface area contributed by atoms with E-state index in [0.29, 0.717) is 22.8 Å². The Morgan fingerprint density at radius 2 is 2.12 bits per heavy atom. The summed E-state index contributed by atoms with van der Waals surface area (Å²) in [6.07, 6.45) is 0.0402. The monoisotopic (exact) mass is 257 g/mol. The summed E-state index contributed by atoms with van der Waals surface area (Å²) < 4.78 is 4.79. The van der Waals surface area contributed by atoms with Crippen molar-refractivity contribution in [3.8, 4) is 6.07 Å². The Bertz CT molecular complexity index is 452. The number of esters is 1. The van der Waals surface area contributed by atoms with Gasteiger partial charge in [0.15, 0.2) is 0 Å². The van der Waals surface area contributed by atoms with Gasteiger partial charge in [-0.1, -0.05) is 23.2 Å². The average Bonchev–Trinajstić information content (AvgIpc) is 2.22. The van der Waals surface area contributed by atoms with Crippen LogP contribution in [0.5, 0.6) is 0 Å². The Hall–Kier alpha value is -1.24. The quantitative estimate of drug-likeness (QED) is 0.783. The SMILES string of the molecule is CCOC(=O)Cc1cc(C#N)c(Cl)cc1Cl. The predicted octanol–water partition coefficient (Wildman–Crippen LogP) is 2.97. The van der Waals surface area contributed by atoms with Gasteiger partial charge in [-0.3, -0.25) is 4.79 Å². The number of hydrogen-bond donors (Lipinski definition) is 0. The normalized spacial score (nSPS) is 9.62. The lowest BCUT2D eigenvalue weighted by Gasteiger charge is -2.05. The molecule has 0 fully saturated rings. The fourth-order valence-corrected chi connectivity index (χ4v) is 1.67. The van der Waals surface area contributed by atoms with Gasteiger partial charge in [-0.05, 0) is 24.6 Å². The Morgan fingerprint density at radius 1 is 1.44 bits per heavy atom. The van der Waals surface area contributed by atoms with Gasteiger partial charge in [0, 0.05) is 5.02 Å². The van der Waals surface area contributed by atoms with E-state index >= 15 is 0 Å². The lowest BCUT2D eigenvalue weighted by Crippen LogP contribution is -2.08. The van der Waals surface area contributed by atoms with Crippen molar-refractivity contribution in [1.29, 1.82) is 5.26 Å². The number of carbonyl (C=O) groups is 1. The first kappa shape index (κ1) is 12.8. The molecule has 3 nitrogen and oxygen atoms in total. The topological polar surface area (TPSA) is 50.1 Å². The van der Waals surface area contributed by atoms with Crippen LogP contribution in [0.2, 0.25) is 10.0 Å². The van der Waals surface area contributed by atoms with Crippen LogP contribution in [-0.2, 0) is 16.0 Å². The minimum absolute atomic E-state index is 0.0402. The molecule has 0 saturated heterocycles. The summed E-state index contributed by atoms with van der Waals surface area (Å²) >= 11 is 11.7. The number of carbonyl (C=O) groups excluding carboxylic acids is 1. The van der Waals surface area contributed by atoms with Crippen molar-refractivity contribution in [2.75, 3.05) is 6.61 Å². The van der Waals surface area contributed by atoms with Crippen LogP contribution < -0.4 is 0 Å². The van der Waals surface area contributed by atoms with Gasteiger partial charge < -0.3 is 4.74 Å². The summed E-state index contributed by atoms with van der Waals surface area (Å²) in [6, 6.07) is 4.88. The number of halogens is 2. The fraction of sp³-hybridized carbons (Fsp3) is 0.273. The third kappa shape index (κ3) is 3.13. The van der Waals surface area contributed by atoms with Gasteiger partial charge in [-0.2, -0.15) is 5.26 Å². The van der Waals surface area contributed by atoms with Gasteiger partial charge in [0.1, 0.15) is 6.07 Å². The number of nitrogens with zero attached hydrogens (tertiary/aromatic N) is 1. The lowest BCUT2D eigenvalue weighted by atomic mass is 10.1. The molecular weight excluding hydrogens is 249 g/mol. The smallest absolute Gasteiger partial charge is 0.310 e. The molecule has 0 radical (unpaired) electrons. The van der Waals surface area contributed by atoms with Crippen LogP contribution in [0.4, 0.5) is 0 Å². The summed E-state index contributed by atoms with van der Waals surface area (Å²) in [7, 11) is 0. The van der Waals surface area contributed by atoms with Crippen LogP contribution in [0, 0.1) is 11.3 Å². The minimum Gasteiger partial charge on any atom is -0.466 e. The number of nitriles is 1. The maximum Gasteiger partial charge on any atom is 0.310 e. The molecule has 0 heterocycles. The first-order valence-corrected chi connectivity index (χ1v) is 5.37. The first-order valence-electron chi connectivity index (χ1n) is 4.62. The molecule has 1 aromatic carbocycles. The summed E-state index contributed by atoms with van der Waals surface area (Å²) in [6.45, 7) is 2.04. The number of benzene rings is 1. The van der Waals surface area contributed by atoms with Crippen LogP contribution in [0.15, 0.2) is 12.1 Å². The van der Waals surface area contributed by atoms with Crippen molar-refractivity contribution in [2.45, 2.75) is 13.3 Å². The van der Waals surface area contributed by atoms with Crippen LogP contribution >= 0.6 is 23.2 Å². The summed E-state index contributed by atoms with van der Waals surface area (Å²) in [5.74, 6) is -0.379. The minimum atomic E-state index is -0.379. The molecular formula is C11H9Cl2NO2. The number of ether oxygens (including phenoxy) is 1. The molecule has 0 aromatic heterocycles. The second-order valence-corrected chi connectivity index (χ2v) is 3.83. The van der Waals surface area contributed by atoms with Gasteiger partial charge in [0.25, 0.3) is 0 Å². The van der Waals surface area contributed by atoms with Crippen LogP contribution in [-0.4, -0.2) is 12.6 Å². The van der Waals surface area contributed by atoms with Gasteiger partial charge in [-0.15, -0.1) is 0 Å². The highest BCUT2D eigenvalue weighted by Gasteiger charge is 2.11. The highest BCUT2D eigenvalue weighted by Crippen LogP contribution is 2.25. The number of rotatable bonds is 3. The fourth-order valence-electron chi connectivity index (χ4n) is 1.18. The van der Waals surface area contributed by atoms with E-state index in [2.05, 4.69) is 0 Å². The van der Waals surface area contributed by atoms with E-state index in [-0.39, 0.29) is 17.4 Å². The van der Waals surface area contributed by atoms with E-state index in [1.54, 1.807) is 6.92 Å². The van der Waals surface area contributed by atoms with Gasteiger partial charge in [0.2, 0.25) is 0 Å². The van der Waals surface area contributed by atoms with Crippen molar-refractivity contribution in [2.24, 2.45) is 0 Å². The molecule has 0 aliphatic carbocycles. The standard InChI is InChI=1S/C11H9Cl2NO2/c1-2-16-11(15)4-7-3-8(6-14)10(13)5-9(7)12/h3,5H,2,4H2,1H3. The van der Waals surface area contributed by atoms with Crippen molar-refractivity contribution in [1.82, 2.24) is 0 Å². The van der Waals surface area contributed by atoms with E-state index in [1.807, 2.05) is 6.07 Å². The maximum atomic E-state index is 11.3. The molecule has 16 heavy (non-hydrogen) atoms. The summed E-state index contributed by atoms with van der Waals surface area (Å²) in [5, 5.41) is 9.41. The molecule has 0 spiro atoms. The molecule has 84 valence electrons. The first-order chi connectivity index (χ1) is 7.58. The van der Waals surface area contributed by atoms with Crippen molar-refractivity contribution in [3.05, 3.63) is 33.3 Å². The van der Waals surface area contributed by atoms with E-state index in [0.717, 1.165) is 0 Å². The van der Waals surface area contributed by atoms with E-state index < -0.39 is 0 Å². The molecule has 0 aliphatic rings. The molecule has 1 rings (SSSR count). The molecule has 0 unspecified atom stereocenters. The highest BCUT2D eigenvalue weighted by molar-refractivity contribution is 6.35. The van der Waals surface area contributed by atoms with E-state index in [9.17, 15) is 4.79 Å². The zero-order chi connectivity index (χ0) is 12.1. The van der Waals surface area contributed by atoms with Gasteiger partial charge in [-0.25, -0.2) is 0 Å². The largest absolute Gasteiger partial charge is 0.466 e. The van der Waals surface area contributed by atoms with Crippen LogP contribution in [0.1, 0.15) is 18.1 Å². The molecule has 0 bridgehead atoms. The second-order valence-electron chi connectivity index (χ2n) is 3.02. The Labute approximate surface area is 104 Å². The maximum absolute atomic E-state index is 11.3. The molecule has 0 amide bonds. The molecule has 0 N–H and O–H groups in total. The van der Waals surface area contributed by atoms with E-state index in [1.165, 1.54) is 12.1 Å². The third-order valence-corrected chi connectivity index (χ3v) is 2.56. The summed E-state index contributed by atoms with van der Waals surface area (Å²) in [4.78, 5) is 11.3. The van der Waals surface area contributed by atoms with Gasteiger partial charge in [0.05, 0.1) is 23.6 Å². The Kier molecular flexibility index (Phi) is 4.60. The average molecular weight is 258 g/mol. The lowest BCUT2D eigenvalue weighted by molar-refractivity contribution is -0.142. The molecule has 0 saturated carbocycles. The Balaban J connectivity index is 2.97. The zero-order valence-electron chi connectivity index (χ0n) is 8.59. The third-order valence-electron chi connectivity index (χ3n) is 1.90. The molecule has 0 atom stereocenters. The number of hydrogen-bond acceptors (Lipinski definition) is 3. The van der Waals surface area contributed by atoms with Crippen LogP contribution in [0.3, 0.4) is 0 Å². The van der Waals surface area contributed by atoms with Crippen molar-refractivity contribution < 1.29 is 9.53 Å². The van der Waals surface area contributed by atoms with Crippen LogP contribution in [0.25, 0.3) is 0 Å². The Morgan fingerprint density at radius 3 is 2.69 bits per heavy atom. The predicted molar refractivity (Wildman–Crippen MR) is 61.5 cm³/mol. The summed E-state index contributed by atoms with van der Waals surface area (Å²) in [5.41, 5.74) is 0.839. The molecule has 0 aliphatic heterocycles. The highest BCUT2D eigenvalue weighted by atomic mass is 35.5. The van der Waals surface area contributed by atoms with Crippen molar-refractivity contribution >= 4 is 29.2 Å². The van der Waals surface area contributed by atoms with Crippen molar-refractivity contribution in [3.63, 3.8) is 0 Å². The van der Waals surface area contributed by atoms with Gasteiger partial charge >= 0.3 is 5.97 Å². The zero-order valence-corrected chi connectivity index (χ0v) is 10.1. The molecule has 5 heteroatoms.